The predicted octanol–water partition coefficient (Wildman–Crippen LogP) is 5.07. The van der Waals surface area contributed by atoms with E-state index in [2.05, 4.69) is 98.8 Å². The van der Waals surface area contributed by atoms with Gasteiger partial charge in [0.05, 0.1) is 5.16 Å². The minimum absolute atomic E-state index is 0.0869. The fourth-order valence-electron chi connectivity index (χ4n) is 3.60. The quantitative estimate of drug-likeness (QED) is 0.572. The summed E-state index contributed by atoms with van der Waals surface area (Å²) in [5.74, 6) is 0.871. The van der Waals surface area contributed by atoms with Gasteiger partial charge in [0.1, 0.15) is 12.6 Å². The van der Waals surface area contributed by atoms with Crippen LogP contribution in [-0.4, -0.2) is 17.7 Å². The van der Waals surface area contributed by atoms with Crippen molar-refractivity contribution in [3.8, 4) is 0 Å². The molecule has 1 atom stereocenters. The molecule has 0 aliphatic carbocycles. The maximum atomic E-state index is 6.17. The van der Waals surface area contributed by atoms with Gasteiger partial charge >= 0.3 is 0 Å². The van der Waals surface area contributed by atoms with E-state index in [1.165, 1.54) is 16.2 Å². The fourth-order valence-corrected chi connectivity index (χ4v) is 6.44. The van der Waals surface area contributed by atoms with Gasteiger partial charge in [-0.05, 0) is 37.9 Å². The topological polar surface area (TPSA) is 21.6 Å². The number of hydrogen-bond donors (Lipinski definition) is 0. The summed E-state index contributed by atoms with van der Waals surface area (Å²) in [5, 5.41) is 2.50. The van der Waals surface area contributed by atoms with Crippen LogP contribution in [0.25, 0.3) is 0 Å². The molecule has 0 radical (unpaired) electrons. The Morgan fingerprint density at radius 1 is 0.778 bits per heavy atom. The third-order valence-corrected chi connectivity index (χ3v) is 7.88. The Morgan fingerprint density at radius 2 is 1.26 bits per heavy atom. The second kappa shape index (κ2) is 7.66. The maximum Gasteiger partial charge on any atom is 0.194 e. The summed E-state index contributed by atoms with van der Waals surface area (Å²) in [5.41, 5.74) is 1.21. The molecule has 1 aliphatic heterocycles. The summed E-state index contributed by atoms with van der Waals surface area (Å²) < 4.78 is 6.17. The Balaban J connectivity index is 1.73. The van der Waals surface area contributed by atoms with Crippen LogP contribution in [0, 0.1) is 0 Å². The van der Waals surface area contributed by atoms with Gasteiger partial charge in [0, 0.05) is 0 Å². The van der Waals surface area contributed by atoms with Gasteiger partial charge in [-0.25, -0.2) is 4.99 Å². The number of nitrogens with zero attached hydrogens (tertiary/aromatic N) is 1. The monoisotopic (exact) mass is 373 g/mol. The van der Waals surface area contributed by atoms with Crippen LogP contribution in [0.5, 0.6) is 0 Å². The van der Waals surface area contributed by atoms with Crippen molar-refractivity contribution < 1.29 is 4.74 Å². The number of benzene rings is 3. The highest BCUT2D eigenvalue weighted by Gasteiger charge is 2.41. The van der Waals surface area contributed by atoms with Crippen LogP contribution >= 0.6 is 7.92 Å². The van der Waals surface area contributed by atoms with Crippen LogP contribution in [0.4, 0.5) is 0 Å². The van der Waals surface area contributed by atoms with Crippen molar-refractivity contribution in [3.63, 3.8) is 0 Å². The van der Waals surface area contributed by atoms with Crippen LogP contribution in [0.15, 0.2) is 96.0 Å². The molecule has 1 aliphatic rings. The molecule has 0 spiro atoms. The summed E-state index contributed by atoms with van der Waals surface area (Å²) in [4.78, 5) is 5.01. The van der Waals surface area contributed by atoms with E-state index in [0.717, 1.165) is 5.90 Å². The van der Waals surface area contributed by atoms with Gasteiger partial charge in [-0.2, -0.15) is 0 Å². The largest absolute Gasteiger partial charge is 0.478 e. The molecule has 4 rings (SSSR count). The van der Waals surface area contributed by atoms with Crippen molar-refractivity contribution in [2.75, 3.05) is 6.61 Å². The zero-order valence-corrected chi connectivity index (χ0v) is 16.6. The third kappa shape index (κ3) is 3.68. The lowest BCUT2D eigenvalue weighted by Gasteiger charge is -2.34. The molecule has 0 saturated carbocycles. The number of ether oxygens (including phenoxy) is 1. The van der Waals surface area contributed by atoms with E-state index in [-0.39, 0.29) is 11.2 Å². The molecule has 0 unspecified atom stereocenters. The molecular formula is C24H24NOP. The van der Waals surface area contributed by atoms with Crippen LogP contribution in [0.1, 0.15) is 25.5 Å². The highest BCUT2D eigenvalue weighted by atomic mass is 31.1. The van der Waals surface area contributed by atoms with Crippen molar-refractivity contribution in [2.45, 2.75) is 25.0 Å². The van der Waals surface area contributed by atoms with Gasteiger partial charge in [-0.1, -0.05) is 91.0 Å². The van der Waals surface area contributed by atoms with Gasteiger partial charge in [-0.15, -0.1) is 0 Å². The van der Waals surface area contributed by atoms with Crippen LogP contribution in [0.3, 0.4) is 0 Å². The van der Waals surface area contributed by atoms with Crippen molar-refractivity contribution >= 4 is 24.4 Å². The molecule has 2 nitrogen and oxygen atoms in total. The second-order valence-corrected chi connectivity index (χ2v) is 10.1. The maximum absolute atomic E-state index is 6.17. The Hall–Kier alpha value is -2.44. The zero-order chi connectivity index (χ0) is 18.7. The van der Waals surface area contributed by atoms with E-state index in [1.54, 1.807) is 0 Å². The molecular weight excluding hydrogens is 349 g/mol. The van der Waals surface area contributed by atoms with E-state index >= 15 is 0 Å². The summed E-state index contributed by atoms with van der Waals surface area (Å²) >= 11 is 0. The molecule has 136 valence electrons. The normalized spacial score (nSPS) is 16.9. The SMILES string of the molecule is CC(C)(C1=N[C@H](c2ccccc2)CO1)P(c1ccccc1)c1ccccc1. The first-order valence-corrected chi connectivity index (χ1v) is 10.7. The Kier molecular flexibility index (Phi) is 5.09. The molecule has 0 bridgehead atoms. The fraction of sp³-hybridized carbons (Fsp3) is 0.208. The van der Waals surface area contributed by atoms with E-state index in [4.69, 9.17) is 9.73 Å². The lowest BCUT2D eigenvalue weighted by atomic mass is 10.1. The van der Waals surface area contributed by atoms with Gasteiger partial charge in [0.25, 0.3) is 0 Å². The van der Waals surface area contributed by atoms with Crippen LogP contribution < -0.4 is 10.6 Å². The molecule has 1 heterocycles. The van der Waals surface area contributed by atoms with Crippen molar-refractivity contribution in [3.05, 3.63) is 96.6 Å². The van der Waals surface area contributed by atoms with Crippen molar-refractivity contribution in [1.29, 1.82) is 0 Å². The summed E-state index contributed by atoms with van der Waals surface area (Å²) in [6.45, 7) is 5.16. The summed E-state index contributed by atoms with van der Waals surface area (Å²) in [7, 11) is -0.649. The molecule has 0 N–H and O–H groups in total. The van der Waals surface area contributed by atoms with Gasteiger partial charge in [0.15, 0.2) is 5.90 Å². The van der Waals surface area contributed by atoms with Crippen molar-refractivity contribution in [2.24, 2.45) is 4.99 Å². The average molecular weight is 373 g/mol. The predicted molar refractivity (Wildman–Crippen MR) is 116 cm³/mol. The number of rotatable bonds is 5. The average Bonchev–Trinajstić information content (AvgIpc) is 3.22. The smallest absolute Gasteiger partial charge is 0.194 e. The molecule has 0 fully saturated rings. The lowest BCUT2D eigenvalue weighted by Crippen LogP contribution is -2.37. The standard InChI is InChI=1S/C24H24NOP/c1-24(2,23-25-22(18-26-23)19-12-6-3-7-13-19)27(20-14-8-4-9-15-20)21-16-10-5-11-17-21/h3-17,22H,18H2,1-2H3/t22-/m0/s1. The number of hydrogen-bond acceptors (Lipinski definition) is 2. The van der Waals surface area contributed by atoms with E-state index in [9.17, 15) is 0 Å². The van der Waals surface area contributed by atoms with Gasteiger partial charge in [-0.3, -0.25) is 0 Å². The molecule has 0 saturated heterocycles. The first-order valence-electron chi connectivity index (χ1n) is 9.32. The zero-order valence-electron chi connectivity index (χ0n) is 15.7. The molecule has 27 heavy (non-hydrogen) atoms. The first-order chi connectivity index (χ1) is 13.2. The van der Waals surface area contributed by atoms with Gasteiger partial charge < -0.3 is 4.74 Å². The molecule has 3 aromatic carbocycles. The minimum atomic E-state index is -0.649. The summed E-state index contributed by atoms with van der Waals surface area (Å²) in [6, 6.07) is 32.0. The first kappa shape index (κ1) is 17.9. The van der Waals surface area contributed by atoms with Crippen LogP contribution in [-0.2, 0) is 4.74 Å². The Bertz CT molecular complexity index is 867. The lowest BCUT2D eigenvalue weighted by molar-refractivity contribution is 0.306. The number of aliphatic imine (C=N–C) groups is 1. The molecule has 0 amide bonds. The van der Waals surface area contributed by atoms with Crippen LogP contribution in [0.2, 0.25) is 0 Å². The Labute approximate surface area is 162 Å². The Morgan fingerprint density at radius 3 is 1.78 bits per heavy atom. The van der Waals surface area contributed by atoms with E-state index < -0.39 is 7.92 Å². The third-order valence-electron chi connectivity index (χ3n) is 4.95. The molecule has 3 aromatic rings. The minimum Gasteiger partial charge on any atom is -0.478 e. The molecule has 0 aromatic heterocycles. The second-order valence-electron chi connectivity index (χ2n) is 7.24. The highest BCUT2D eigenvalue weighted by Crippen LogP contribution is 2.50. The van der Waals surface area contributed by atoms with Gasteiger partial charge in [0.2, 0.25) is 0 Å². The highest BCUT2D eigenvalue weighted by molar-refractivity contribution is 7.75. The summed E-state index contributed by atoms with van der Waals surface area (Å²) in [6.07, 6.45) is 0. The van der Waals surface area contributed by atoms with Crippen molar-refractivity contribution in [1.82, 2.24) is 0 Å². The molecule has 3 heteroatoms. The van der Waals surface area contributed by atoms with E-state index in [1.807, 2.05) is 6.07 Å². The van der Waals surface area contributed by atoms with E-state index in [0.29, 0.717) is 6.61 Å².